The van der Waals surface area contributed by atoms with Crippen molar-refractivity contribution < 1.29 is 18.1 Å². The van der Waals surface area contributed by atoms with Crippen molar-refractivity contribution in [1.29, 1.82) is 0 Å². The maximum Gasteiger partial charge on any atom is 0.285 e. The normalized spacial score (nSPS) is 11.2. The van der Waals surface area contributed by atoms with Gasteiger partial charge < -0.3 is 4.74 Å². The summed E-state index contributed by atoms with van der Waals surface area (Å²) >= 11 is 2.82. The first-order chi connectivity index (χ1) is 7.29. The molecule has 0 unspecified atom stereocenters. The molecule has 9 heteroatoms. The minimum atomic E-state index is -4.14. The molecule has 0 heterocycles. The zero-order valence-electron chi connectivity index (χ0n) is 7.81. The number of nitrogens with zero attached hydrogens (tertiary/aromatic N) is 1. The van der Waals surface area contributed by atoms with E-state index in [0.29, 0.717) is 0 Å². The second kappa shape index (κ2) is 4.56. The number of halogens is 2. The Bertz CT molecular complexity index is 544. The van der Waals surface area contributed by atoms with Gasteiger partial charge in [-0.2, -0.15) is 0 Å². The van der Waals surface area contributed by atoms with Gasteiger partial charge in [-0.1, -0.05) is 0 Å². The Morgan fingerprint density at radius 1 is 1.50 bits per heavy atom. The number of rotatable bonds is 3. The lowest BCUT2D eigenvalue weighted by Gasteiger charge is -2.07. The van der Waals surface area contributed by atoms with Gasteiger partial charge in [0.1, 0.15) is 15.1 Å². The van der Waals surface area contributed by atoms with E-state index in [1.54, 1.807) is 0 Å². The maximum atomic E-state index is 11.2. The molecule has 0 radical (unpaired) electrons. The van der Waals surface area contributed by atoms with Crippen molar-refractivity contribution in [2.24, 2.45) is 0 Å². The number of hydrogen-bond donors (Lipinski definition) is 0. The van der Waals surface area contributed by atoms with E-state index in [4.69, 9.17) is 15.4 Å². The van der Waals surface area contributed by atoms with Crippen LogP contribution in [0.3, 0.4) is 0 Å². The molecular formula is C7H5BrClNO5S. The van der Waals surface area contributed by atoms with E-state index >= 15 is 0 Å². The highest BCUT2D eigenvalue weighted by Gasteiger charge is 2.27. The molecule has 0 saturated heterocycles. The zero-order chi connectivity index (χ0) is 12.5. The van der Waals surface area contributed by atoms with E-state index in [9.17, 15) is 18.5 Å². The molecule has 0 fully saturated rings. The smallest absolute Gasteiger partial charge is 0.285 e. The number of nitro benzene ring substituents is 1. The molecule has 0 saturated carbocycles. The van der Waals surface area contributed by atoms with Crippen molar-refractivity contribution in [3.8, 4) is 5.75 Å². The fourth-order valence-corrected chi connectivity index (χ4v) is 3.62. The van der Waals surface area contributed by atoms with Crippen molar-refractivity contribution in [3.63, 3.8) is 0 Å². The topological polar surface area (TPSA) is 86.5 Å². The Hall–Kier alpha value is -0.860. The lowest BCUT2D eigenvalue weighted by Crippen LogP contribution is -2.00. The Labute approximate surface area is 104 Å². The van der Waals surface area contributed by atoms with E-state index in [0.717, 1.165) is 12.1 Å². The standard InChI is InChI=1S/C7H5BrClNO5S/c1-15-5-3-2-4(10(11)12)6(8)7(5)16(9,13)14/h2-3H,1H3. The molecule has 1 rings (SSSR count). The van der Waals surface area contributed by atoms with Crippen molar-refractivity contribution >= 4 is 41.4 Å². The third-order valence-corrected chi connectivity index (χ3v) is 4.12. The van der Waals surface area contributed by atoms with Crippen LogP contribution in [0.4, 0.5) is 5.69 Å². The van der Waals surface area contributed by atoms with Crippen molar-refractivity contribution in [1.82, 2.24) is 0 Å². The molecule has 6 nitrogen and oxygen atoms in total. The van der Waals surface area contributed by atoms with Crippen LogP contribution in [-0.4, -0.2) is 20.5 Å². The molecule has 0 spiro atoms. The maximum absolute atomic E-state index is 11.2. The lowest BCUT2D eigenvalue weighted by molar-refractivity contribution is -0.385. The average Bonchev–Trinajstić information content (AvgIpc) is 2.14. The monoisotopic (exact) mass is 329 g/mol. The number of benzene rings is 1. The number of nitro groups is 1. The van der Waals surface area contributed by atoms with Gasteiger partial charge in [0.2, 0.25) is 0 Å². The predicted octanol–water partition coefficient (Wildman–Crippen LogP) is 2.29. The quantitative estimate of drug-likeness (QED) is 0.482. The van der Waals surface area contributed by atoms with Gasteiger partial charge in [0.05, 0.1) is 12.0 Å². The Morgan fingerprint density at radius 3 is 2.44 bits per heavy atom. The second-order valence-electron chi connectivity index (χ2n) is 2.63. The zero-order valence-corrected chi connectivity index (χ0v) is 11.0. The van der Waals surface area contributed by atoms with E-state index in [2.05, 4.69) is 15.9 Å². The first-order valence-electron chi connectivity index (χ1n) is 3.74. The SMILES string of the molecule is COc1ccc([N+](=O)[O-])c(Br)c1S(=O)(=O)Cl. The largest absolute Gasteiger partial charge is 0.495 e. The molecule has 16 heavy (non-hydrogen) atoms. The summed E-state index contributed by atoms with van der Waals surface area (Å²) in [5.74, 6) is -0.0625. The summed E-state index contributed by atoms with van der Waals surface area (Å²) in [6.45, 7) is 0. The molecule has 0 aliphatic heterocycles. The number of ether oxygens (including phenoxy) is 1. The molecule has 88 valence electrons. The van der Waals surface area contributed by atoms with Gasteiger partial charge in [-0.25, -0.2) is 8.42 Å². The third-order valence-electron chi connectivity index (χ3n) is 1.70. The van der Waals surface area contributed by atoms with E-state index < -0.39 is 24.6 Å². The van der Waals surface area contributed by atoms with Crippen molar-refractivity contribution in [2.75, 3.05) is 7.11 Å². The minimum Gasteiger partial charge on any atom is -0.495 e. The van der Waals surface area contributed by atoms with Gasteiger partial charge in [-0.3, -0.25) is 10.1 Å². The molecule has 1 aromatic rings. The molecule has 0 amide bonds. The van der Waals surface area contributed by atoms with Crippen LogP contribution in [0.25, 0.3) is 0 Å². The van der Waals surface area contributed by atoms with Crippen molar-refractivity contribution in [3.05, 3.63) is 26.7 Å². The summed E-state index contributed by atoms with van der Waals surface area (Å²) in [7, 11) is 2.26. The fourth-order valence-electron chi connectivity index (χ4n) is 1.06. The molecule has 0 bridgehead atoms. The summed E-state index contributed by atoms with van der Waals surface area (Å²) in [4.78, 5) is 9.42. The van der Waals surface area contributed by atoms with E-state index in [1.165, 1.54) is 7.11 Å². The van der Waals surface area contributed by atoms with Gasteiger partial charge >= 0.3 is 0 Å². The first kappa shape index (κ1) is 13.2. The highest BCUT2D eigenvalue weighted by atomic mass is 79.9. The summed E-state index contributed by atoms with van der Waals surface area (Å²) in [5.41, 5.74) is -0.403. The van der Waals surface area contributed by atoms with Crippen LogP contribution in [0.2, 0.25) is 0 Å². The summed E-state index contributed by atoms with van der Waals surface area (Å²) in [5, 5.41) is 10.6. The van der Waals surface area contributed by atoms with Gasteiger partial charge in [0, 0.05) is 16.7 Å². The number of hydrogen-bond acceptors (Lipinski definition) is 5. The summed E-state index contributed by atoms with van der Waals surface area (Å²) in [6, 6.07) is 2.28. The van der Waals surface area contributed by atoms with E-state index in [-0.39, 0.29) is 10.2 Å². The molecule has 0 aliphatic rings. The van der Waals surface area contributed by atoms with Crippen LogP contribution in [0.5, 0.6) is 5.75 Å². The predicted molar refractivity (Wildman–Crippen MR) is 60.4 cm³/mol. The third kappa shape index (κ3) is 2.45. The van der Waals surface area contributed by atoms with Crippen LogP contribution in [0.1, 0.15) is 0 Å². The van der Waals surface area contributed by atoms with Gasteiger partial charge in [0.25, 0.3) is 14.7 Å². The second-order valence-corrected chi connectivity index (χ2v) is 5.92. The lowest BCUT2D eigenvalue weighted by atomic mass is 10.3. The minimum absolute atomic E-state index is 0.0625. The van der Waals surface area contributed by atoms with E-state index in [1.807, 2.05) is 0 Å². The fraction of sp³-hybridized carbons (Fsp3) is 0.143. The van der Waals surface area contributed by atoms with Gasteiger partial charge in [-0.15, -0.1) is 0 Å². The molecule has 1 aromatic carbocycles. The summed E-state index contributed by atoms with van der Waals surface area (Å²) < 4.78 is 27.0. The van der Waals surface area contributed by atoms with Gasteiger partial charge in [0.15, 0.2) is 0 Å². The average molecular weight is 331 g/mol. The Balaban J connectivity index is 3.67. The van der Waals surface area contributed by atoms with Crippen LogP contribution in [-0.2, 0) is 9.05 Å². The molecule has 0 aliphatic carbocycles. The van der Waals surface area contributed by atoms with Crippen LogP contribution >= 0.6 is 26.6 Å². The van der Waals surface area contributed by atoms with Crippen LogP contribution < -0.4 is 4.74 Å². The highest BCUT2D eigenvalue weighted by molar-refractivity contribution is 9.10. The Kier molecular flexibility index (Phi) is 3.76. The molecule has 0 atom stereocenters. The van der Waals surface area contributed by atoms with Gasteiger partial charge in [-0.05, 0) is 22.0 Å². The summed E-state index contributed by atoms with van der Waals surface area (Å²) in [6.07, 6.45) is 0. The number of methoxy groups -OCH3 is 1. The van der Waals surface area contributed by atoms with Crippen molar-refractivity contribution in [2.45, 2.75) is 4.90 Å². The Morgan fingerprint density at radius 2 is 2.06 bits per heavy atom. The first-order valence-corrected chi connectivity index (χ1v) is 6.84. The molecule has 0 aromatic heterocycles. The highest BCUT2D eigenvalue weighted by Crippen LogP contribution is 2.39. The molecule has 0 N–H and O–H groups in total. The molecular weight excluding hydrogens is 326 g/mol. The van der Waals surface area contributed by atoms with Crippen LogP contribution in [0.15, 0.2) is 21.5 Å². The van der Waals surface area contributed by atoms with Crippen LogP contribution in [0, 0.1) is 10.1 Å².